The zero-order valence-electron chi connectivity index (χ0n) is 15.4. The van der Waals surface area contributed by atoms with Gasteiger partial charge in [0.2, 0.25) is 0 Å². The smallest absolute Gasteiger partial charge is 0.253 e. The van der Waals surface area contributed by atoms with Crippen molar-refractivity contribution in [2.75, 3.05) is 12.4 Å². The summed E-state index contributed by atoms with van der Waals surface area (Å²) in [5.74, 6) is 0.516. The van der Waals surface area contributed by atoms with E-state index in [9.17, 15) is 4.79 Å². The van der Waals surface area contributed by atoms with Crippen LogP contribution in [-0.4, -0.2) is 32.1 Å². The van der Waals surface area contributed by atoms with Gasteiger partial charge in [0.1, 0.15) is 10.8 Å². The molecule has 0 bridgehead atoms. The molecule has 0 aliphatic carbocycles. The van der Waals surface area contributed by atoms with Crippen molar-refractivity contribution in [2.24, 2.45) is 0 Å². The second-order valence-electron chi connectivity index (χ2n) is 6.28. The largest absolute Gasteiger partial charge is 0.495 e. The van der Waals surface area contributed by atoms with E-state index in [1.165, 1.54) is 18.4 Å². The number of ether oxygens (including phenoxy) is 1. The number of aryl methyl sites for hydroxylation is 1. The zero-order valence-corrected chi connectivity index (χ0v) is 16.9. The van der Waals surface area contributed by atoms with Crippen molar-refractivity contribution in [2.45, 2.75) is 19.9 Å². The molecule has 0 radical (unpaired) electrons. The van der Waals surface area contributed by atoms with E-state index in [-0.39, 0.29) is 11.6 Å². The first kappa shape index (κ1) is 18.5. The van der Waals surface area contributed by atoms with Crippen LogP contribution in [0.4, 0.5) is 5.13 Å². The Morgan fingerprint density at radius 1 is 1.32 bits per heavy atom. The Morgan fingerprint density at radius 3 is 2.86 bits per heavy atom. The fraction of sp³-hybridized carbons (Fsp3) is 0.222. The molecule has 0 spiro atoms. The molecule has 0 saturated heterocycles. The highest BCUT2D eigenvalue weighted by atomic mass is 35.5. The quantitative estimate of drug-likeness (QED) is 0.514. The van der Waals surface area contributed by atoms with Gasteiger partial charge in [-0.1, -0.05) is 28.2 Å². The van der Waals surface area contributed by atoms with Crippen molar-refractivity contribution < 1.29 is 4.74 Å². The Balaban J connectivity index is 1.63. The molecule has 0 aliphatic rings. The summed E-state index contributed by atoms with van der Waals surface area (Å²) in [6.45, 7) is 3.83. The number of methoxy groups -OCH3 is 1. The van der Waals surface area contributed by atoms with Gasteiger partial charge in [-0.15, -0.1) is 5.10 Å². The highest BCUT2D eigenvalue weighted by molar-refractivity contribution is 7.17. The van der Waals surface area contributed by atoms with Crippen molar-refractivity contribution in [3.8, 4) is 10.8 Å². The molecule has 4 aromatic rings. The number of aromatic amines is 1. The summed E-state index contributed by atoms with van der Waals surface area (Å²) in [5, 5.41) is 14.0. The van der Waals surface area contributed by atoms with Crippen LogP contribution in [0, 0.1) is 6.92 Å². The molecule has 0 saturated carbocycles. The number of fused-ring (bicyclic) bond motifs is 1. The van der Waals surface area contributed by atoms with Crippen LogP contribution in [0.2, 0.25) is 5.02 Å². The summed E-state index contributed by atoms with van der Waals surface area (Å²) in [6.07, 6.45) is 3.41. The SMILES string of the molecule is COc1cc2[nH]c(=O)c([C@H](C)Nc3ncc(-n4nncc4C)s3)cc2cc1Cl. The number of pyridine rings is 1. The van der Waals surface area contributed by atoms with Gasteiger partial charge in [-0.3, -0.25) is 4.79 Å². The lowest BCUT2D eigenvalue weighted by molar-refractivity contribution is 0.415. The number of rotatable bonds is 5. The van der Waals surface area contributed by atoms with Crippen LogP contribution in [0.15, 0.2) is 35.4 Å². The van der Waals surface area contributed by atoms with Crippen molar-refractivity contribution >= 4 is 39.0 Å². The molecule has 28 heavy (non-hydrogen) atoms. The third-order valence-corrected chi connectivity index (χ3v) is 5.57. The van der Waals surface area contributed by atoms with Crippen LogP contribution in [0.25, 0.3) is 15.9 Å². The van der Waals surface area contributed by atoms with E-state index in [2.05, 4.69) is 25.6 Å². The first-order valence-electron chi connectivity index (χ1n) is 8.47. The van der Waals surface area contributed by atoms with Gasteiger partial charge in [-0.25, -0.2) is 9.67 Å². The third kappa shape index (κ3) is 3.34. The fourth-order valence-corrected chi connectivity index (χ4v) is 4.06. The first-order valence-corrected chi connectivity index (χ1v) is 9.66. The normalized spacial score (nSPS) is 12.3. The molecule has 1 atom stereocenters. The van der Waals surface area contributed by atoms with Crippen molar-refractivity contribution in [1.29, 1.82) is 0 Å². The van der Waals surface area contributed by atoms with E-state index in [1.807, 2.05) is 19.9 Å². The number of nitrogens with zero attached hydrogens (tertiary/aromatic N) is 4. The van der Waals surface area contributed by atoms with Gasteiger partial charge < -0.3 is 15.0 Å². The van der Waals surface area contributed by atoms with E-state index in [0.29, 0.717) is 27.0 Å². The van der Waals surface area contributed by atoms with Gasteiger partial charge in [0.15, 0.2) is 5.13 Å². The highest BCUT2D eigenvalue weighted by Gasteiger charge is 2.15. The van der Waals surface area contributed by atoms with Crippen molar-refractivity contribution in [1.82, 2.24) is 25.0 Å². The number of hydrogen-bond donors (Lipinski definition) is 2. The third-order valence-electron chi connectivity index (χ3n) is 4.37. The lowest BCUT2D eigenvalue weighted by atomic mass is 10.1. The summed E-state index contributed by atoms with van der Waals surface area (Å²) < 4.78 is 6.92. The maximum atomic E-state index is 12.6. The summed E-state index contributed by atoms with van der Waals surface area (Å²) >= 11 is 7.65. The highest BCUT2D eigenvalue weighted by Crippen LogP contribution is 2.30. The number of thiazole rings is 1. The summed E-state index contributed by atoms with van der Waals surface area (Å²) in [5.41, 5.74) is 1.99. The summed E-state index contributed by atoms with van der Waals surface area (Å²) in [4.78, 5) is 19.8. The lowest BCUT2D eigenvalue weighted by Crippen LogP contribution is -2.19. The minimum Gasteiger partial charge on any atom is -0.495 e. The zero-order chi connectivity index (χ0) is 19.8. The molecule has 3 aromatic heterocycles. The van der Waals surface area contributed by atoms with E-state index < -0.39 is 0 Å². The number of hydrogen-bond acceptors (Lipinski definition) is 7. The average molecular weight is 417 g/mol. The van der Waals surface area contributed by atoms with Gasteiger partial charge in [0.25, 0.3) is 5.56 Å². The van der Waals surface area contributed by atoms with Crippen LogP contribution in [0.1, 0.15) is 24.2 Å². The predicted octanol–water partition coefficient (Wildman–Crippen LogP) is 3.71. The molecule has 8 nitrogen and oxygen atoms in total. The van der Waals surface area contributed by atoms with Crippen molar-refractivity contribution in [3.63, 3.8) is 0 Å². The summed E-state index contributed by atoms with van der Waals surface area (Å²) in [6, 6.07) is 5.06. The second-order valence-corrected chi connectivity index (χ2v) is 7.70. The Labute approximate surface area is 169 Å². The van der Waals surface area contributed by atoms with Crippen LogP contribution in [0.5, 0.6) is 5.75 Å². The van der Waals surface area contributed by atoms with Gasteiger partial charge in [0, 0.05) is 17.0 Å². The Hall–Kier alpha value is -2.91. The maximum Gasteiger partial charge on any atom is 0.253 e. The monoisotopic (exact) mass is 416 g/mol. The molecule has 2 N–H and O–H groups in total. The number of aromatic nitrogens is 5. The number of H-pyrrole nitrogens is 1. The van der Waals surface area contributed by atoms with E-state index >= 15 is 0 Å². The minimum atomic E-state index is -0.259. The molecule has 1 aromatic carbocycles. The van der Waals surface area contributed by atoms with Gasteiger partial charge in [-0.2, -0.15) is 0 Å². The second kappa shape index (κ2) is 7.25. The molecular formula is C18H17ClN6O2S. The number of halogens is 1. The van der Waals surface area contributed by atoms with Gasteiger partial charge >= 0.3 is 0 Å². The average Bonchev–Trinajstić information content (AvgIpc) is 3.29. The van der Waals surface area contributed by atoms with E-state index in [1.54, 1.807) is 29.2 Å². The Bertz CT molecular complexity index is 1210. The molecular weight excluding hydrogens is 400 g/mol. The first-order chi connectivity index (χ1) is 13.5. The van der Waals surface area contributed by atoms with Crippen LogP contribution >= 0.6 is 22.9 Å². The lowest BCUT2D eigenvalue weighted by Gasteiger charge is -2.14. The number of benzene rings is 1. The summed E-state index contributed by atoms with van der Waals surface area (Å²) in [7, 11) is 1.54. The molecule has 0 amide bonds. The molecule has 0 fully saturated rings. The van der Waals surface area contributed by atoms with Gasteiger partial charge in [-0.05, 0) is 26.0 Å². The number of nitrogens with one attached hydrogen (secondary N) is 2. The van der Waals surface area contributed by atoms with Crippen LogP contribution in [0.3, 0.4) is 0 Å². The Kier molecular flexibility index (Phi) is 4.78. The van der Waals surface area contributed by atoms with Crippen LogP contribution in [-0.2, 0) is 0 Å². The number of anilines is 1. The standard InChI is InChI=1S/C18H17ClN6O2S/c1-9-7-21-24-25(9)16-8-20-18(28-16)22-10(2)12-4-11-5-13(19)15(27-3)6-14(11)23-17(12)26/h4-8,10H,1-3H3,(H,20,22)(H,23,26)/t10-/m0/s1. The maximum absolute atomic E-state index is 12.6. The van der Waals surface area contributed by atoms with Crippen LogP contribution < -0.4 is 15.6 Å². The molecule has 10 heteroatoms. The predicted molar refractivity (Wildman–Crippen MR) is 110 cm³/mol. The minimum absolute atomic E-state index is 0.180. The van der Waals surface area contributed by atoms with E-state index in [4.69, 9.17) is 16.3 Å². The Morgan fingerprint density at radius 2 is 2.14 bits per heavy atom. The molecule has 0 aliphatic heterocycles. The molecule has 0 unspecified atom stereocenters. The molecule has 144 valence electrons. The van der Waals surface area contributed by atoms with Gasteiger partial charge in [0.05, 0.1) is 41.8 Å². The topological polar surface area (TPSA) is 97.7 Å². The molecule has 4 rings (SSSR count). The van der Waals surface area contributed by atoms with Crippen molar-refractivity contribution in [3.05, 3.63) is 57.2 Å². The fourth-order valence-electron chi connectivity index (χ4n) is 2.90. The molecule has 3 heterocycles. The van der Waals surface area contributed by atoms with E-state index in [0.717, 1.165) is 16.1 Å².